The molecule has 0 rings (SSSR count). The number of amides is 1. The maximum absolute atomic E-state index is 10.5. The van der Waals surface area contributed by atoms with Crippen molar-refractivity contribution in [1.82, 2.24) is 0 Å². The summed E-state index contributed by atoms with van der Waals surface area (Å²) in [6, 6.07) is 0. The van der Waals surface area contributed by atoms with Crippen LogP contribution in [0, 0.1) is 0 Å². The molecule has 1 atom stereocenters. The third-order valence-electron chi connectivity index (χ3n) is 1.25. The third kappa shape index (κ3) is 1.92. The first-order valence-electron chi connectivity index (χ1n) is 2.84. The zero-order valence-corrected chi connectivity index (χ0v) is 5.98. The number of nitrogens with two attached hydrogens (primary N) is 2. The van der Waals surface area contributed by atoms with Crippen molar-refractivity contribution >= 4 is 17.8 Å². The van der Waals surface area contributed by atoms with Crippen LogP contribution in [-0.2, 0) is 14.4 Å². The lowest BCUT2D eigenvalue weighted by Gasteiger charge is -2.17. The molecule has 0 bridgehead atoms. The Morgan fingerprint density at radius 1 is 1.25 bits per heavy atom. The van der Waals surface area contributed by atoms with Crippen LogP contribution in [0.1, 0.15) is 6.42 Å². The number of primary amides is 1. The minimum atomic E-state index is -2.52. The summed E-state index contributed by atoms with van der Waals surface area (Å²) in [6.07, 6.45) is -1.03. The average molecular weight is 176 g/mol. The van der Waals surface area contributed by atoms with Crippen molar-refractivity contribution < 1.29 is 24.6 Å². The van der Waals surface area contributed by atoms with Crippen molar-refractivity contribution in [2.75, 3.05) is 0 Å². The Kier molecular flexibility index (Phi) is 2.75. The van der Waals surface area contributed by atoms with Crippen molar-refractivity contribution in [2.24, 2.45) is 11.5 Å². The van der Waals surface area contributed by atoms with E-state index in [-0.39, 0.29) is 0 Å². The highest BCUT2D eigenvalue weighted by molar-refractivity contribution is 6.08. The van der Waals surface area contributed by atoms with Crippen LogP contribution in [0.4, 0.5) is 0 Å². The maximum Gasteiger partial charge on any atom is 0.334 e. The molecule has 12 heavy (non-hydrogen) atoms. The van der Waals surface area contributed by atoms with E-state index in [1.807, 2.05) is 0 Å². The number of hydrogen-bond donors (Lipinski definition) is 4. The molecule has 0 saturated heterocycles. The summed E-state index contributed by atoms with van der Waals surface area (Å²) >= 11 is 0. The largest absolute Gasteiger partial charge is 0.481 e. The Balaban J connectivity index is 4.75. The number of carboxylic acid groups (broad SMARTS) is 2. The van der Waals surface area contributed by atoms with E-state index in [0.29, 0.717) is 0 Å². The molecule has 0 unspecified atom stereocenters. The van der Waals surface area contributed by atoms with Crippen LogP contribution in [-0.4, -0.2) is 33.6 Å². The first-order valence-corrected chi connectivity index (χ1v) is 2.84. The summed E-state index contributed by atoms with van der Waals surface area (Å²) in [4.78, 5) is 30.8. The first kappa shape index (κ1) is 10.4. The number of carbonyl (C=O) groups excluding carboxylic acids is 1. The lowest BCUT2D eigenvalue weighted by molar-refractivity contribution is -0.154. The Bertz CT molecular complexity index is 222. The fourth-order valence-corrected chi connectivity index (χ4v) is 0.507. The van der Waals surface area contributed by atoms with Gasteiger partial charge in [0, 0.05) is 0 Å². The molecule has 0 aliphatic heterocycles. The van der Waals surface area contributed by atoms with Crippen LogP contribution in [0.2, 0.25) is 0 Å². The summed E-state index contributed by atoms with van der Waals surface area (Å²) in [5, 5.41) is 16.6. The number of carboxylic acids is 2. The molecule has 1 amide bonds. The van der Waals surface area contributed by atoms with Gasteiger partial charge in [-0.15, -0.1) is 0 Å². The van der Waals surface area contributed by atoms with Crippen LogP contribution in [0.3, 0.4) is 0 Å². The zero-order valence-electron chi connectivity index (χ0n) is 5.98. The van der Waals surface area contributed by atoms with Gasteiger partial charge in [0.05, 0.1) is 6.42 Å². The van der Waals surface area contributed by atoms with E-state index >= 15 is 0 Å². The van der Waals surface area contributed by atoms with Gasteiger partial charge < -0.3 is 21.7 Å². The second-order valence-corrected chi connectivity index (χ2v) is 2.21. The standard InChI is InChI=1S/C5H8N2O5/c6-3(10)5(7,4(11)12)1-2(8)9/h1,7H2,(H2,6,10)(H,8,9)(H,11,12)/t5-/m1/s1. The van der Waals surface area contributed by atoms with Gasteiger partial charge >= 0.3 is 11.9 Å². The molecule has 0 heterocycles. The molecule has 0 aliphatic rings. The van der Waals surface area contributed by atoms with Gasteiger partial charge in [0.25, 0.3) is 0 Å². The van der Waals surface area contributed by atoms with Gasteiger partial charge in [-0.1, -0.05) is 0 Å². The van der Waals surface area contributed by atoms with Gasteiger partial charge in [0.1, 0.15) is 0 Å². The second-order valence-electron chi connectivity index (χ2n) is 2.21. The van der Waals surface area contributed by atoms with Gasteiger partial charge in [-0.05, 0) is 0 Å². The molecule has 0 fully saturated rings. The van der Waals surface area contributed by atoms with E-state index in [4.69, 9.17) is 15.9 Å². The lowest BCUT2D eigenvalue weighted by atomic mass is 9.96. The van der Waals surface area contributed by atoms with Crippen LogP contribution in [0.25, 0.3) is 0 Å². The fraction of sp³-hybridized carbons (Fsp3) is 0.400. The molecule has 68 valence electrons. The summed E-state index contributed by atoms with van der Waals surface area (Å²) in [7, 11) is 0. The predicted molar refractivity (Wildman–Crippen MR) is 36.0 cm³/mol. The summed E-state index contributed by atoms with van der Waals surface area (Å²) in [6.45, 7) is 0. The van der Waals surface area contributed by atoms with Crippen molar-refractivity contribution in [3.63, 3.8) is 0 Å². The highest BCUT2D eigenvalue weighted by Crippen LogP contribution is 2.05. The molecule has 0 aromatic carbocycles. The minimum absolute atomic E-state index is 1.03. The van der Waals surface area contributed by atoms with Crippen LogP contribution in [0.5, 0.6) is 0 Å². The van der Waals surface area contributed by atoms with E-state index in [2.05, 4.69) is 5.73 Å². The van der Waals surface area contributed by atoms with E-state index < -0.39 is 29.8 Å². The highest BCUT2D eigenvalue weighted by Gasteiger charge is 2.42. The first-order chi connectivity index (χ1) is 5.30. The normalized spacial score (nSPS) is 14.8. The quantitative estimate of drug-likeness (QED) is 0.355. The molecular weight excluding hydrogens is 168 g/mol. The summed E-state index contributed by atoms with van der Waals surface area (Å²) in [5.41, 5.74) is 7.02. The Labute approximate surface area is 67.0 Å². The maximum atomic E-state index is 10.5. The molecule has 0 aliphatic carbocycles. The van der Waals surface area contributed by atoms with E-state index in [0.717, 1.165) is 0 Å². The van der Waals surface area contributed by atoms with Crippen LogP contribution >= 0.6 is 0 Å². The summed E-state index contributed by atoms with van der Waals surface area (Å²) < 4.78 is 0. The van der Waals surface area contributed by atoms with Gasteiger partial charge in [0.15, 0.2) is 0 Å². The number of aliphatic carboxylic acids is 2. The Morgan fingerprint density at radius 3 is 1.75 bits per heavy atom. The van der Waals surface area contributed by atoms with Crippen LogP contribution < -0.4 is 11.5 Å². The topological polar surface area (TPSA) is 144 Å². The lowest BCUT2D eigenvalue weighted by Crippen LogP contribution is -2.59. The van der Waals surface area contributed by atoms with Gasteiger partial charge in [0.2, 0.25) is 11.4 Å². The Hall–Kier alpha value is -1.63. The molecule has 0 aromatic heterocycles. The van der Waals surface area contributed by atoms with E-state index in [1.165, 1.54) is 0 Å². The molecule has 7 nitrogen and oxygen atoms in total. The zero-order chi connectivity index (χ0) is 9.94. The van der Waals surface area contributed by atoms with Gasteiger partial charge in [-0.2, -0.15) is 0 Å². The molecular formula is C5H8N2O5. The monoisotopic (exact) mass is 176 g/mol. The second kappa shape index (κ2) is 3.18. The van der Waals surface area contributed by atoms with Crippen molar-refractivity contribution in [3.8, 4) is 0 Å². The van der Waals surface area contributed by atoms with Crippen molar-refractivity contribution in [2.45, 2.75) is 12.0 Å². The molecule has 0 spiro atoms. The van der Waals surface area contributed by atoms with E-state index in [9.17, 15) is 14.4 Å². The molecule has 0 saturated carbocycles. The molecule has 7 heteroatoms. The molecule has 6 N–H and O–H groups in total. The van der Waals surface area contributed by atoms with Gasteiger partial charge in [-0.3, -0.25) is 9.59 Å². The van der Waals surface area contributed by atoms with Gasteiger partial charge in [-0.25, -0.2) is 4.79 Å². The average Bonchev–Trinajstić information content (AvgIpc) is 1.84. The third-order valence-corrected chi connectivity index (χ3v) is 1.25. The number of carbonyl (C=O) groups is 3. The minimum Gasteiger partial charge on any atom is -0.481 e. The smallest absolute Gasteiger partial charge is 0.334 e. The predicted octanol–water partition coefficient (Wildman–Crippen LogP) is -2.27. The number of hydrogen-bond acceptors (Lipinski definition) is 4. The van der Waals surface area contributed by atoms with Crippen molar-refractivity contribution in [3.05, 3.63) is 0 Å². The Morgan fingerprint density at radius 2 is 1.67 bits per heavy atom. The summed E-state index contributed by atoms with van der Waals surface area (Å²) in [5.74, 6) is -4.63. The highest BCUT2D eigenvalue weighted by atomic mass is 16.4. The van der Waals surface area contributed by atoms with Crippen molar-refractivity contribution in [1.29, 1.82) is 0 Å². The SMILES string of the molecule is NC(=O)[C@](N)(CC(=O)O)C(=O)O. The van der Waals surface area contributed by atoms with E-state index in [1.54, 1.807) is 0 Å². The molecule has 0 radical (unpaired) electrons. The number of rotatable bonds is 4. The van der Waals surface area contributed by atoms with Crippen LogP contribution in [0.15, 0.2) is 0 Å². The fourth-order valence-electron chi connectivity index (χ4n) is 0.507. The molecule has 0 aromatic rings.